The molecule has 0 spiro atoms. The number of likely N-dealkylation sites (tertiary alicyclic amines) is 2. The van der Waals surface area contributed by atoms with E-state index in [9.17, 15) is 4.79 Å². The molecular formula is C20H26N4O. The van der Waals surface area contributed by atoms with Gasteiger partial charge < -0.3 is 9.47 Å². The Morgan fingerprint density at radius 2 is 1.88 bits per heavy atom. The fourth-order valence-electron chi connectivity index (χ4n) is 4.49. The van der Waals surface area contributed by atoms with E-state index in [0.29, 0.717) is 12.1 Å². The number of carbonyl (C=O) groups is 1. The summed E-state index contributed by atoms with van der Waals surface area (Å²) in [6.45, 7) is 4.75. The summed E-state index contributed by atoms with van der Waals surface area (Å²) in [6.07, 6.45) is 10.3. The van der Waals surface area contributed by atoms with E-state index in [2.05, 4.69) is 39.0 Å². The molecule has 0 bridgehead atoms. The predicted molar refractivity (Wildman–Crippen MR) is 97.4 cm³/mol. The second kappa shape index (κ2) is 7.00. The Bertz CT molecular complexity index is 710. The Balaban J connectivity index is 1.45. The maximum atomic E-state index is 11.9. The van der Waals surface area contributed by atoms with E-state index in [1.807, 2.05) is 17.1 Å². The number of aromatic nitrogens is 2. The second-order valence-corrected chi connectivity index (χ2v) is 7.24. The Labute approximate surface area is 149 Å². The van der Waals surface area contributed by atoms with Gasteiger partial charge in [0.1, 0.15) is 0 Å². The van der Waals surface area contributed by atoms with Gasteiger partial charge in [0.25, 0.3) is 0 Å². The number of benzene rings is 1. The first-order chi connectivity index (χ1) is 12.2. The average molecular weight is 338 g/mol. The molecule has 2 aliphatic heterocycles. The molecule has 0 N–H and O–H groups in total. The lowest BCUT2D eigenvalue weighted by Gasteiger charge is -2.34. The van der Waals surface area contributed by atoms with Crippen LogP contribution in [0.2, 0.25) is 0 Å². The zero-order chi connectivity index (χ0) is 17.2. The van der Waals surface area contributed by atoms with E-state index in [0.717, 1.165) is 38.2 Å². The molecule has 2 saturated heterocycles. The largest absolute Gasteiger partial charge is 0.338 e. The van der Waals surface area contributed by atoms with E-state index in [1.54, 1.807) is 13.1 Å². The number of hydrogen-bond acceptors (Lipinski definition) is 3. The standard InChI is InChI=1S/C20H26N4O/c1-16(25)24-12-3-5-20(24)19-4-2-11-22(19)14-17-6-8-18(9-7-17)23-13-10-21-15-23/h6-10,13,15,19-20H,2-5,11-12,14H2,1H3/t19-,20+/m1/s1. The Kier molecular flexibility index (Phi) is 4.57. The Morgan fingerprint density at radius 3 is 2.60 bits per heavy atom. The smallest absolute Gasteiger partial charge is 0.219 e. The van der Waals surface area contributed by atoms with Crippen LogP contribution < -0.4 is 0 Å². The molecule has 2 aliphatic rings. The topological polar surface area (TPSA) is 41.4 Å². The lowest BCUT2D eigenvalue weighted by atomic mass is 10.0. The van der Waals surface area contributed by atoms with E-state index in [4.69, 9.17) is 0 Å². The molecule has 0 saturated carbocycles. The van der Waals surface area contributed by atoms with Crippen molar-refractivity contribution in [3.05, 3.63) is 48.5 Å². The van der Waals surface area contributed by atoms with Crippen LogP contribution in [0.15, 0.2) is 43.0 Å². The summed E-state index contributed by atoms with van der Waals surface area (Å²) in [5, 5.41) is 0. The van der Waals surface area contributed by atoms with Crippen LogP contribution in [0.25, 0.3) is 5.69 Å². The molecule has 0 unspecified atom stereocenters. The van der Waals surface area contributed by atoms with Gasteiger partial charge in [-0.3, -0.25) is 9.69 Å². The molecule has 4 rings (SSSR count). The van der Waals surface area contributed by atoms with Gasteiger partial charge in [0, 0.05) is 50.2 Å². The minimum Gasteiger partial charge on any atom is -0.338 e. The lowest BCUT2D eigenvalue weighted by molar-refractivity contribution is -0.130. The van der Waals surface area contributed by atoms with Gasteiger partial charge in [-0.25, -0.2) is 4.98 Å². The van der Waals surface area contributed by atoms with Crippen LogP contribution in [0.5, 0.6) is 0 Å². The predicted octanol–water partition coefficient (Wildman–Crippen LogP) is 2.85. The highest BCUT2D eigenvalue weighted by Crippen LogP contribution is 2.31. The van der Waals surface area contributed by atoms with Gasteiger partial charge in [-0.2, -0.15) is 0 Å². The Hall–Kier alpha value is -2.14. The van der Waals surface area contributed by atoms with Gasteiger partial charge in [0.2, 0.25) is 5.91 Å². The molecule has 5 nitrogen and oxygen atoms in total. The van der Waals surface area contributed by atoms with Crippen molar-refractivity contribution in [2.75, 3.05) is 13.1 Å². The van der Waals surface area contributed by atoms with Crippen LogP contribution in [0.4, 0.5) is 0 Å². The molecule has 1 amide bonds. The monoisotopic (exact) mass is 338 g/mol. The van der Waals surface area contributed by atoms with Crippen molar-refractivity contribution >= 4 is 5.91 Å². The summed E-state index contributed by atoms with van der Waals surface area (Å²) < 4.78 is 2.02. The number of imidazole rings is 1. The molecule has 1 aromatic carbocycles. The first kappa shape index (κ1) is 16.3. The Morgan fingerprint density at radius 1 is 1.12 bits per heavy atom. The van der Waals surface area contributed by atoms with Crippen LogP contribution in [0, 0.1) is 0 Å². The number of rotatable bonds is 4. The summed E-state index contributed by atoms with van der Waals surface area (Å²) in [7, 11) is 0. The molecule has 1 aromatic heterocycles. The molecule has 2 fully saturated rings. The third-order valence-electron chi connectivity index (χ3n) is 5.69. The summed E-state index contributed by atoms with van der Waals surface area (Å²) >= 11 is 0. The summed E-state index contributed by atoms with van der Waals surface area (Å²) in [6, 6.07) is 9.65. The normalized spacial score (nSPS) is 24.1. The maximum Gasteiger partial charge on any atom is 0.219 e. The quantitative estimate of drug-likeness (QED) is 0.861. The summed E-state index contributed by atoms with van der Waals surface area (Å²) in [5.74, 6) is 0.235. The van der Waals surface area contributed by atoms with Gasteiger partial charge >= 0.3 is 0 Å². The third-order valence-corrected chi connectivity index (χ3v) is 5.69. The molecule has 5 heteroatoms. The van der Waals surface area contributed by atoms with Crippen molar-refractivity contribution in [3.63, 3.8) is 0 Å². The number of hydrogen-bond donors (Lipinski definition) is 0. The van der Waals surface area contributed by atoms with Gasteiger partial charge in [0.15, 0.2) is 0 Å². The van der Waals surface area contributed by atoms with E-state index in [-0.39, 0.29) is 5.91 Å². The van der Waals surface area contributed by atoms with Crippen molar-refractivity contribution in [1.82, 2.24) is 19.4 Å². The lowest BCUT2D eigenvalue weighted by Crippen LogP contribution is -2.47. The molecule has 2 aromatic rings. The average Bonchev–Trinajstić information content (AvgIpc) is 3.36. The van der Waals surface area contributed by atoms with Crippen LogP contribution in [-0.2, 0) is 11.3 Å². The van der Waals surface area contributed by atoms with Gasteiger partial charge in [-0.05, 0) is 49.9 Å². The van der Waals surface area contributed by atoms with E-state index >= 15 is 0 Å². The highest BCUT2D eigenvalue weighted by atomic mass is 16.2. The van der Waals surface area contributed by atoms with Crippen molar-refractivity contribution in [2.45, 2.75) is 51.2 Å². The zero-order valence-electron chi connectivity index (χ0n) is 14.8. The first-order valence-electron chi connectivity index (χ1n) is 9.31. The first-order valence-corrected chi connectivity index (χ1v) is 9.31. The molecule has 0 aliphatic carbocycles. The number of nitrogens with zero attached hydrogens (tertiary/aromatic N) is 4. The van der Waals surface area contributed by atoms with Crippen molar-refractivity contribution < 1.29 is 4.79 Å². The van der Waals surface area contributed by atoms with Crippen molar-refractivity contribution in [2.24, 2.45) is 0 Å². The van der Waals surface area contributed by atoms with Gasteiger partial charge in [0.05, 0.1) is 6.33 Å². The van der Waals surface area contributed by atoms with E-state index < -0.39 is 0 Å². The minimum absolute atomic E-state index is 0.235. The van der Waals surface area contributed by atoms with Crippen molar-refractivity contribution in [1.29, 1.82) is 0 Å². The summed E-state index contributed by atoms with van der Waals surface area (Å²) in [5.41, 5.74) is 2.47. The molecule has 25 heavy (non-hydrogen) atoms. The minimum atomic E-state index is 0.235. The third kappa shape index (κ3) is 3.33. The maximum absolute atomic E-state index is 11.9. The summed E-state index contributed by atoms with van der Waals surface area (Å²) in [4.78, 5) is 20.7. The number of amides is 1. The van der Waals surface area contributed by atoms with E-state index in [1.165, 1.54) is 18.4 Å². The molecule has 3 heterocycles. The molecule has 132 valence electrons. The highest BCUT2D eigenvalue weighted by Gasteiger charge is 2.38. The molecule has 0 radical (unpaired) electrons. The van der Waals surface area contributed by atoms with Gasteiger partial charge in [-0.1, -0.05) is 12.1 Å². The fourth-order valence-corrected chi connectivity index (χ4v) is 4.49. The number of carbonyl (C=O) groups excluding carboxylic acids is 1. The highest BCUT2D eigenvalue weighted by molar-refractivity contribution is 5.74. The zero-order valence-corrected chi connectivity index (χ0v) is 14.8. The van der Waals surface area contributed by atoms with Crippen molar-refractivity contribution in [3.8, 4) is 5.69 Å². The SMILES string of the molecule is CC(=O)N1CCC[C@H]1[C@H]1CCCN1Cc1ccc(-n2ccnc2)cc1. The van der Waals surface area contributed by atoms with Gasteiger partial charge in [-0.15, -0.1) is 0 Å². The molecular weight excluding hydrogens is 312 g/mol. The van der Waals surface area contributed by atoms with Crippen LogP contribution in [0.1, 0.15) is 38.2 Å². The fraction of sp³-hybridized carbons (Fsp3) is 0.500. The van der Waals surface area contributed by atoms with Crippen LogP contribution >= 0.6 is 0 Å². The second-order valence-electron chi connectivity index (χ2n) is 7.24. The van der Waals surface area contributed by atoms with Crippen LogP contribution in [0.3, 0.4) is 0 Å². The molecule has 2 atom stereocenters. The van der Waals surface area contributed by atoms with Crippen LogP contribution in [-0.4, -0.2) is 50.4 Å².